The fourth-order valence-electron chi connectivity index (χ4n) is 5.42. The van der Waals surface area contributed by atoms with Crippen molar-refractivity contribution in [2.45, 2.75) is 140 Å². The maximum Gasteiger partial charge on any atom is 0.178 e. The molecular formula is C37H59NO3S. The molecule has 1 unspecified atom stereocenters. The third-order valence-corrected chi connectivity index (χ3v) is 10.0. The van der Waals surface area contributed by atoms with Crippen LogP contribution in [-0.4, -0.2) is 31.9 Å². The van der Waals surface area contributed by atoms with Crippen LogP contribution in [0.2, 0.25) is 0 Å². The molecule has 0 amide bonds. The molecule has 2 aromatic rings. The first kappa shape index (κ1) is 36.1. The molecule has 0 fully saturated rings. The second-order valence-electron chi connectivity index (χ2n) is 11.9. The van der Waals surface area contributed by atoms with Crippen molar-refractivity contribution >= 4 is 27.7 Å². The van der Waals surface area contributed by atoms with E-state index in [0.29, 0.717) is 10.9 Å². The Bertz CT molecular complexity index is 1060. The smallest absolute Gasteiger partial charge is 0.178 e. The topological polar surface area (TPSA) is 66.4 Å². The molecule has 0 heterocycles. The van der Waals surface area contributed by atoms with Crippen molar-refractivity contribution in [3.8, 4) is 0 Å². The summed E-state index contributed by atoms with van der Waals surface area (Å²) in [6, 6.07) is 16.0. The van der Waals surface area contributed by atoms with Crippen LogP contribution >= 0.6 is 0 Å². The first-order valence-electron chi connectivity index (χ1n) is 17.0. The highest BCUT2D eigenvalue weighted by Crippen LogP contribution is 2.19. The number of anilines is 1. The van der Waals surface area contributed by atoms with Gasteiger partial charge < -0.3 is 10.4 Å². The number of aliphatic hydroxyl groups excluding tert-OH is 1. The Labute approximate surface area is 258 Å². The minimum absolute atomic E-state index is 0.0303. The van der Waals surface area contributed by atoms with E-state index in [1.807, 2.05) is 24.3 Å². The van der Waals surface area contributed by atoms with Crippen LogP contribution in [0.4, 0.5) is 5.69 Å². The van der Waals surface area contributed by atoms with Crippen molar-refractivity contribution in [3.05, 3.63) is 59.7 Å². The Morgan fingerprint density at radius 3 is 1.55 bits per heavy atom. The number of aliphatic hydroxyl groups is 1. The van der Waals surface area contributed by atoms with Gasteiger partial charge in [-0.1, -0.05) is 147 Å². The Morgan fingerprint density at radius 1 is 0.643 bits per heavy atom. The van der Waals surface area contributed by atoms with E-state index in [0.717, 1.165) is 23.2 Å². The van der Waals surface area contributed by atoms with Crippen LogP contribution in [0.15, 0.2) is 53.4 Å². The van der Waals surface area contributed by atoms with Crippen molar-refractivity contribution in [2.24, 2.45) is 0 Å². The Balaban J connectivity index is 1.59. The van der Waals surface area contributed by atoms with Gasteiger partial charge in [-0.2, -0.15) is 0 Å². The Morgan fingerprint density at radius 2 is 1.10 bits per heavy atom. The van der Waals surface area contributed by atoms with Gasteiger partial charge in [-0.05, 0) is 54.7 Å². The minimum Gasteiger partial charge on any atom is -0.396 e. The number of nitrogens with one attached hydrogen (secondary N) is 1. The van der Waals surface area contributed by atoms with Crippen molar-refractivity contribution < 1.29 is 13.5 Å². The van der Waals surface area contributed by atoms with E-state index in [9.17, 15) is 8.42 Å². The molecule has 0 spiro atoms. The molecule has 5 heteroatoms. The van der Waals surface area contributed by atoms with Gasteiger partial charge in [0.25, 0.3) is 0 Å². The van der Waals surface area contributed by atoms with Crippen LogP contribution in [0, 0.1) is 0 Å². The minimum atomic E-state index is -3.33. The van der Waals surface area contributed by atoms with Gasteiger partial charge in [0.05, 0.1) is 10.6 Å². The van der Waals surface area contributed by atoms with Crippen LogP contribution in [0.25, 0.3) is 12.2 Å². The number of hydrogen-bond donors (Lipinski definition) is 2. The van der Waals surface area contributed by atoms with Crippen LogP contribution in [-0.2, 0) is 9.84 Å². The fourth-order valence-corrected chi connectivity index (χ4v) is 6.71. The lowest BCUT2D eigenvalue weighted by atomic mass is 10.0. The van der Waals surface area contributed by atoms with E-state index < -0.39 is 9.84 Å². The van der Waals surface area contributed by atoms with Gasteiger partial charge in [0.2, 0.25) is 0 Å². The van der Waals surface area contributed by atoms with Gasteiger partial charge in [0.15, 0.2) is 9.84 Å². The molecule has 42 heavy (non-hydrogen) atoms. The van der Waals surface area contributed by atoms with Crippen molar-refractivity contribution in [3.63, 3.8) is 0 Å². The standard InChI is InChI=1S/C37H59NO3S/c1-3-5-6-7-8-9-10-11-12-13-14-15-16-17-18-20-35(4-2)38-36-27-23-33(24-28-36)21-22-34-25-29-37(30-26-34)42(40,41)32-19-31-39/h21-30,35,38-39H,3-20,31-32H2,1-2H3. The highest BCUT2D eigenvalue weighted by molar-refractivity contribution is 7.91. The first-order valence-corrected chi connectivity index (χ1v) is 18.6. The summed E-state index contributed by atoms with van der Waals surface area (Å²) < 4.78 is 24.5. The van der Waals surface area contributed by atoms with Crippen molar-refractivity contribution in [1.29, 1.82) is 0 Å². The average Bonchev–Trinajstić information content (AvgIpc) is 3.01. The lowest BCUT2D eigenvalue weighted by Gasteiger charge is -2.18. The zero-order valence-corrected chi connectivity index (χ0v) is 27.5. The average molecular weight is 598 g/mol. The molecule has 0 saturated carbocycles. The molecule has 0 aromatic heterocycles. The van der Waals surface area contributed by atoms with Gasteiger partial charge in [0.1, 0.15) is 0 Å². The van der Waals surface area contributed by atoms with E-state index in [2.05, 4.69) is 43.4 Å². The second-order valence-corrected chi connectivity index (χ2v) is 14.0. The van der Waals surface area contributed by atoms with Gasteiger partial charge >= 0.3 is 0 Å². The van der Waals surface area contributed by atoms with E-state index in [1.165, 1.54) is 103 Å². The summed E-state index contributed by atoms with van der Waals surface area (Å²) in [5.74, 6) is -0.0303. The van der Waals surface area contributed by atoms with Crippen LogP contribution < -0.4 is 5.32 Å². The molecule has 2 rings (SSSR count). The van der Waals surface area contributed by atoms with Crippen LogP contribution in [0.3, 0.4) is 0 Å². The monoisotopic (exact) mass is 597 g/mol. The molecule has 0 aliphatic rings. The summed E-state index contributed by atoms with van der Waals surface area (Å²) >= 11 is 0. The summed E-state index contributed by atoms with van der Waals surface area (Å²) in [6.07, 6.45) is 27.7. The number of sulfone groups is 1. The number of rotatable bonds is 25. The molecule has 1 atom stereocenters. The molecular weight excluding hydrogens is 538 g/mol. The number of unbranched alkanes of at least 4 members (excludes halogenated alkanes) is 14. The largest absolute Gasteiger partial charge is 0.396 e. The quantitative estimate of drug-likeness (QED) is 0.0882. The SMILES string of the molecule is CCCCCCCCCCCCCCCCCC(CC)Nc1ccc(C=Cc2ccc(S(=O)(=O)CCCO)cc2)cc1. The predicted molar refractivity (Wildman–Crippen MR) is 183 cm³/mol. The zero-order valence-electron chi connectivity index (χ0n) is 26.7. The van der Waals surface area contributed by atoms with Crippen LogP contribution in [0.1, 0.15) is 141 Å². The van der Waals surface area contributed by atoms with E-state index in [1.54, 1.807) is 12.1 Å². The molecule has 0 radical (unpaired) electrons. The second kappa shape index (κ2) is 22.4. The molecule has 2 aromatic carbocycles. The van der Waals surface area contributed by atoms with Crippen molar-refractivity contribution in [1.82, 2.24) is 0 Å². The molecule has 0 bridgehead atoms. The Hall–Kier alpha value is -2.11. The van der Waals surface area contributed by atoms with E-state index in [4.69, 9.17) is 5.11 Å². The summed E-state index contributed by atoms with van der Waals surface area (Å²) in [5, 5.41) is 12.6. The summed E-state index contributed by atoms with van der Waals surface area (Å²) in [4.78, 5) is 0.304. The molecule has 4 nitrogen and oxygen atoms in total. The van der Waals surface area contributed by atoms with Gasteiger partial charge in [-0.15, -0.1) is 0 Å². The summed E-state index contributed by atoms with van der Waals surface area (Å²) in [5.41, 5.74) is 3.22. The van der Waals surface area contributed by atoms with Gasteiger partial charge in [0, 0.05) is 18.3 Å². The van der Waals surface area contributed by atoms with Gasteiger partial charge in [-0.25, -0.2) is 8.42 Å². The third-order valence-electron chi connectivity index (χ3n) is 8.21. The van der Waals surface area contributed by atoms with E-state index in [-0.39, 0.29) is 18.8 Å². The molecule has 2 N–H and O–H groups in total. The normalized spacial score (nSPS) is 12.6. The van der Waals surface area contributed by atoms with Gasteiger partial charge in [-0.3, -0.25) is 0 Å². The molecule has 0 aliphatic heterocycles. The Kier molecular flexibility index (Phi) is 19.3. The summed E-state index contributed by atoms with van der Waals surface area (Å²) in [6.45, 7) is 4.44. The molecule has 0 saturated heterocycles. The van der Waals surface area contributed by atoms with Crippen molar-refractivity contribution in [2.75, 3.05) is 17.7 Å². The highest BCUT2D eigenvalue weighted by Gasteiger charge is 2.13. The van der Waals surface area contributed by atoms with E-state index >= 15 is 0 Å². The number of hydrogen-bond acceptors (Lipinski definition) is 4. The predicted octanol–water partition coefficient (Wildman–Crippen LogP) is 10.5. The first-order chi connectivity index (χ1) is 20.5. The highest BCUT2D eigenvalue weighted by atomic mass is 32.2. The maximum atomic E-state index is 12.3. The molecule has 0 aliphatic carbocycles. The fraction of sp³-hybridized carbons (Fsp3) is 0.622. The molecule has 236 valence electrons. The third kappa shape index (κ3) is 15.9. The summed E-state index contributed by atoms with van der Waals surface area (Å²) in [7, 11) is -3.33. The van der Waals surface area contributed by atoms with Crippen LogP contribution in [0.5, 0.6) is 0 Å². The zero-order chi connectivity index (χ0) is 30.3. The lowest BCUT2D eigenvalue weighted by Crippen LogP contribution is -2.18. The number of benzene rings is 2. The lowest BCUT2D eigenvalue weighted by molar-refractivity contribution is 0.295. The maximum absolute atomic E-state index is 12.3.